The SMILES string of the molecule is CCC(C)NC(=O)CCn1cc(C)[nH]c1=S. The molecule has 1 aromatic rings. The van der Waals surface area contributed by atoms with Crippen LogP contribution < -0.4 is 5.32 Å². The lowest BCUT2D eigenvalue weighted by Crippen LogP contribution is -2.32. The number of amides is 1. The van der Waals surface area contributed by atoms with Gasteiger partial charge in [0.05, 0.1) is 0 Å². The van der Waals surface area contributed by atoms with E-state index in [0.717, 1.165) is 12.1 Å². The summed E-state index contributed by atoms with van der Waals surface area (Å²) in [5.74, 6) is 0.0788. The standard InChI is InChI=1S/C11H19N3OS/c1-4-8(2)12-10(15)5-6-14-7-9(3)13-11(14)16/h7-8H,4-6H2,1-3H3,(H,12,15)(H,13,16). The molecule has 1 aromatic heterocycles. The number of hydrogen-bond donors (Lipinski definition) is 2. The van der Waals surface area contributed by atoms with Crippen LogP contribution in [-0.4, -0.2) is 21.5 Å². The molecule has 0 saturated heterocycles. The van der Waals surface area contributed by atoms with Gasteiger partial charge < -0.3 is 14.9 Å². The Labute approximate surface area is 101 Å². The third kappa shape index (κ3) is 3.81. The average Bonchev–Trinajstić information content (AvgIpc) is 2.54. The molecule has 0 radical (unpaired) electrons. The first-order valence-electron chi connectivity index (χ1n) is 5.58. The molecular formula is C11H19N3OS. The molecule has 0 aliphatic carbocycles. The van der Waals surface area contributed by atoms with E-state index in [0.29, 0.717) is 17.7 Å². The molecule has 1 rings (SSSR count). The predicted molar refractivity (Wildman–Crippen MR) is 66.9 cm³/mol. The highest BCUT2D eigenvalue weighted by Crippen LogP contribution is 1.99. The van der Waals surface area contributed by atoms with Gasteiger partial charge in [0.25, 0.3) is 0 Å². The third-order valence-electron chi connectivity index (χ3n) is 2.51. The summed E-state index contributed by atoms with van der Waals surface area (Å²) in [7, 11) is 0. The van der Waals surface area contributed by atoms with Crippen LogP contribution in [0.15, 0.2) is 6.20 Å². The number of aryl methyl sites for hydroxylation is 2. The Hall–Kier alpha value is -1.10. The van der Waals surface area contributed by atoms with Crippen LogP contribution in [0.25, 0.3) is 0 Å². The Morgan fingerprint density at radius 1 is 1.69 bits per heavy atom. The number of rotatable bonds is 5. The van der Waals surface area contributed by atoms with E-state index >= 15 is 0 Å². The molecule has 0 aliphatic heterocycles. The lowest BCUT2D eigenvalue weighted by Gasteiger charge is -2.11. The molecule has 1 heterocycles. The third-order valence-corrected chi connectivity index (χ3v) is 2.85. The first-order chi connectivity index (χ1) is 7.52. The lowest BCUT2D eigenvalue weighted by molar-refractivity contribution is -0.121. The number of nitrogens with one attached hydrogen (secondary N) is 2. The van der Waals surface area contributed by atoms with Crippen molar-refractivity contribution in [1.82, 2.24) is 14.9 Å². The predicted octanol–water partition coefficient (Wildman–Crippen LogP) is 2.16. The van der Waals surface area contributed by atoms with Gasteiger partial charge in [0.1, 0.15) is 0 Å². The van der Waals surface area contributed by atoms with Crippen molar-refractivity contribution in [1.29, 1.82) is 0 Å². The Bertz CT molecular complexity index is 408. The van der Waals surface area contributed by atoms with E-state index in [4.69, 9.17) is 12.2 Å². The topological polar surface area (TPSA) is 49.8 Å². The van der Waals surface area contributed by atoms with E-state index in [2.05, 4.69) is 17.2 Å². The quantitative estimate of drug-likeness (QED) is 0.776. The summed E-state index contributed by atoms with van der Waals surface area (Å²) >= 11 is 5.11. The van der Waals surface area contributed by atoms with Crippen LogP contribution in [0.3, 0.4) is 0 Å². The Kier molecular flexibility index (Phi) is 4.73. The normalized spacial score (nSPS) is 12.4. The van der Waals surface area contributed by atoms with E-state index in [1.165, 1.54) is 0 Å². The van der Waals surface area contributed by atoms with Crippen molar-refractivity contribution >= 4 is 18.1 Å². The molecular weight excluding hydrogens is 222 g/mol. The highest BCUT2D eigenvalue weighted by Gasteiger charge is 2.06. The molecule has 0 bridgehead atoms. The van der Waals surface area contributed by atoms with Crippen molar-refractivity contribution < 1.29 is 4.79 Å². The minimum Gasteiger partial charge on any atom is -0.354 e. The van der Waals surface area contributed by atoms with E-state index in [9.17, 15) is 4.79 Å². The highest BCUT2D eigenvalue weighted by atomic mass is 32.1. The maximum Gasteiger partial charge on any atom is 0.222 e. The zero-order chi connectivity index (χ0) is 12.1. The first-order valence-corrected chi connectivity index (χ1v) is 5.99. The number of aromatic amines is 1. The van der Waals surface area contributed by atoms with Crippen LogP contribution in [0.4, 0.5) is 0 Å². The number of aromatic nitrogens is 2. The Morgan fingerprint density at radius 2 is 2.38 bits per heavy atom. The van der Waals surface area contributed by atoms with Crippen LogP contribution >= 0.6 is 12.2 Å². The summed E-state index contributed by atoms with van der Waals surface area (Å²) in [5, 5.41) is 2.93. The highest BCUT2D eigenvalue weighted by molar-refractivity contribution is 7.71. The molecule has 0 aliphatic rings. The van der Waals surface area contributed by atoms with Gasteiger partial charge in [-0.2, -0.15) is 0 Å². The minimum absolute atomic E-state index is 0.0788. The van der Waals surface area contributed by atoms with Crippen LogP contribution in [0.5, 0.6) is 0 Å². The van der Waals surface area contributed by atoms with Gasteiger partial charge in [-0.3, -0.25) is 4.79 Å². The summed E-state index contributed by atoms with van der Waals surface area (Å²) in [5.41, 5.74) is 1.02. The Balaban J connectivity index is 2.43. The van der Waals surface area contributed by atoms with Crippen molar-refractivity contribution in [2.24, 2.45) is 0 Å². The van der Waals surface area contributed by atoms with Crippen LogP contribution in [0, 0.1) is 11.7 Å². The first kappa shape index (κ1) is 13.0. The van der Waals surface area contributed by atoms with Crippen LogP contribution in [-0.2, 0) is 11.3 Å². The largest absolute Gasteiger partial charge is 0.354 e. The summed E-state index contributed by atoms with van der Waals surface area (Å²) in [4.78, 5) is 14.6. The molecule has 1 atom stereocenters. The van der Waals surface area contributed by atoms with E-state index < -0.39 is 0 Å². The molecule has 4 nitrogen and oxygen atoms in total. The second kappa shape index (κ2) is 5.84. The molecule has 0 spiro atoms. The molecule has 0 aromatic carbocycles. The molecule has 1 amide bonds. The van der Waals surface area contributed by atoms with Crippen LogP contribution in [0.1, 0.15) is 32.4 Å². The summed E-state index contributed by atoms with van der Waals surface area (Å²) in [6.45, 7) is 6.64. The number of H-pyrrole nitrogens is 1. The molecule has 5 heteroatoms. The van der Waals surface area contributed by atoms with Crippen molar-refractivity contribution in [3.63, 3.8) is 0 Å². The number of imidazole rings is 1. The van der Waals surface area contributed by atoms with Gasteiger partial charge in [-0.15, -0.1) is 0 Å². The second-order valence-corrected chi connectivity index (χ2v) is 4.45. The number of hydrogen-bond acceptors (Lipinski definition) is 2. The summed E-state index contributed by atoms with van der Waals surface area (Å²) in [6.07, 6.45) is 3.35. The van der Waals surface area contributed by atoms with Crippen molar-refractivity contribution in [3.05, 3.63) is 16.7 Å². The molecule has 90 valence electrons. The van der Waals surface area contributed by atoms with Gasteiger partial charge in [0.2, 0.25) is 5.91 Å². The summed E-state index contributed by atoms with van der Waals surface area (Å²) < 4.78 is 2.56. The number of carbonyl (C=O) groups is 1. The van der Waals surface area contributed by atoms with Crippen LogP contribution in [0.2, 0.25) is 0 Å². The smallest absolute Gasteiger partial charge is 0.222 e. The molecule has 0 fully saturated rings. The summed E-state index contributed by atoms with van der Waals surface area (Å²) in [6, 6.07) is 0.244. The monoisotopic (exact) mass is 241 g/mol. The fraction of sp³-hybridized carbons (Fsp3) is 0.636. The van der Waals surface area contributed by atoms with E-state index in [1.54, 1.807) is 0 Å². The van der Waals surface area contributed by atoms with Gasteiger partial charge >= 0.3 is 0 Å². The fourth-order valence-corrected chi connectivity index (χ4v) is 1.71. The van der Waals surface area contributed by atoms with Crippen molar-refractivity contribution in [3.8, 4) is 0 Å². The molecule has 0 saturated carbocycles. The van der Waals surface area contributed by atoms with Crippen molar-refractivity contribution in [2.45, 2.75) is 46.2 Å². The maximum absolute atomic E-state index is 11.5. The van der Waals surface area contributed by atoms with Crippen molar-refractivity contribution in [2.75, 3.05) is 0 Å². The molecule has 1 unspecified atom stereocenters. The zero-order valence-corrected chi connectivity index (χ0v) is 10.9. The van der Waals surface area contributed by atoms with Gasteiger partial charge in [-0.25, -0.2) is 0 Å². The Morgan fingerprint density at radius 3 is 2.88 bits per heavy atom. The van der Waals surface area contributed by atoms with Gasteiger partial charge in [0, 0.05) is 30.9 Å². The van der Waals surface area contributed by atoms with E-state index in [-0.39, 0.29) is 11.9 Å². The fourth-order valence-electron chi connectivity index (χ4n) is 1.40. The number of carbonyl (C=O) groups excluding carboxylic acids is 1. The molecule has 2 N–H and O–H groups in total. The zero-order valence-electron chi connectivity index (χ0n) is 10.0. The second-order valence-electron chi connectivity index (χ2n) is 4.06. The lowest BCUT2D eigenvalue weighted by atomic mass is 10.2. The van der Waals surface area contributed by atoms with Gasteiger partial charge in [0.15, 0.2) is 4.77 Å². The molecule has 16 heavy (non-hydrogen) atoms. The number of nitrogens with zero attached hydrogens (tertiary/aromatic N) is 1. The maximum atomic E-state index is 11.5. The minimum atomic E-state index is 0.0788. The van der Waals surface area contributed by atoms with E-state index in [1.807, 2.05) is 24.6 Å². The average molecular weight is 241 g/mol. The van der Waals surface area contributed by atoms with Gasteiger partial charge in [-0.05, 0) is 32.5 Å². The van der Waals surface area contributed by atoms with Gasteiger partial charge in [-0.1, -0.05) is 6.92 Å².